The van der Waals surface area contributed by atoms with Crippen LogP contribution in [0.4, 0.5) is 0 Å². The number of hydrogen-bond donors (Lipinski definition) is 2. The third-order valence-corrected chi connectivity index (χ3v) is 10.4. The van der Waals surface area contributed by atoms with E-state index in [9.17, 15) is 16.8 Å². The predicted octanol–water partition coefficient (Wildman–Crippen LogP) is 5.86. The molecule has 0 aliphatic heterocycles. The second-order valence-corrected chi connectivity index (χ2v) is 14.9. The highest BCUT2D eigenvalue weighted by atomic mass is 32.2. The summed E-state index contributed by atoms with van der Waals surface area (Å²) in [7, 11) is -7.26. The van der Waals surface area contributed by atoms with Gasteiger partial charge in [-0.1, -0.05) is 81.3 Å². The lowest BCUT2D eigenvalue weighted by molar-refractivity contribution is 0.118. The molecule has 254 valence electrons. The Morgan fingerprint density at radius 2 is 1.00 bits per heavy atom. The maximum Gasteiger partial charge on any atom is 0.240 e. The topological polar surface area (TPSA) is 114 Å². The Kier molecular flexibility index (Phi) is 16.9. The van der Waals surface area contributed by atoms with Gasteiger partial charge >= 0.3 is 0 Å². The summed E-state index contributed by atoms with van der Waals surface area (Å²) in [6.45, 7) is 9.12. The zero-order valence-corrected chi connectivity index (χ0v) is 29.0. The van der Waals surface area contributed by atoms with Gasteiger partial charge in [0.2, 0.25) is 20.0 Å². The van der Waals surface area contributed by atoms with Crippen molar-refractivity contribution in [1.82, 2.24) is 14.3 Å². The predicted molar refractivity (Wildman–Crippen MR) is 183 cm³/mol. The Morgan fingerprint density at radius 1 is 0.565 bits per heavy atom. The van der Waals surface area contributed by atoms with Crippen LogP contribution >= 0.6 is 0 Å². The van der Waals surface area contributed by atoms with Crippen molar-refractivity contribution in [2.45, 2.75) is 81.9 Å². The minimum Gasteiger partial charge on any atom is -0.377 e. The Bertz CT molecular complexity index is 1370. The van der Waals surface area contributed by atoms with Crippen LogP contribution in [0, 0.1) is 0 Å². The zero-order chi connectivity index (χ0) is 33.1. The van der Waals surface area contributed by atoms with E-state index in [1.54, 1.807) is 48.5 Å². The van der Waals surface area contributed by atoms with Crippen molar-refractivity contribution in [3.63, 3.8) is 0 Å². The summed E-state index contributed by atoms with van der Waals surface area (Å²) >= 11 is 0. The highest BCUT2D eigenvalue weighted by molar-refractivity contribution is 7.89. The fourth-order valence-corrected chi connectivity index (χ4v) is 6.85. The van der Waals surface area contributed by atoms with E-state index < -0.39 is 20.0 Å². The molecule has 0 spiro atoms. The molecule has 0 bridgehead atoms. The number of benzene rings is 3. The van der Waals surface area contributed by atoms with E-state index in [4.69, 9.17) is 9.47 Å². The summed E-state index contributed by atoms with van der Waals surface area (Å²) in [6.07, 6.45) is 5.36. The molecule has 11 heteroatoms. The normalized spacial score (nSPS) is 12.2. The molecule has 0 fully saturated rings. The monoisotopic (exact) mass is 673 g/mol. The summed E-state index contributed by atoms with van der Waals surface area (Å²) < 4.78 is 68.1. The summed E-state index contributed by atoms with van der Waals surface area (Å²) in [5.74, 6) is 0. The fourth-order valence-electron chi connectivity index (χ4n) is 4.70. The quantitative estimate of drug-likeness (QED) is 0.115. The zero-order valence-electron chi connectivity index (χ0n) is 27.3. The Labute approximate surface area is 276 Å². The van der Waals surface area contributed by atoms with Crippen LogP contribution in [0.3, 0.4) is 0 Å². The third-order valence-electron chi connectivity index (χ3n) is 7.42. The minimum absolute atomic E-state index is 0.230. The average molecular weight is 674 g/mol. The number of unbranched alkanes of at least 4 members (excludes halogenated alkanes) is 2. The van der Waals surface area contributed by atoms with Gasteiger partial charge in [-0.25, -0.2) is 26.3 Å². The van der Waals surface area contributed by atoms with Crippen LogP contribution in [-0.4, -0.2) is 61.1 Å². The Hall–Kier alpha value is -2.64. The van der Waals surface area contributed by atoms with Gasteiger partial charge in [0.25, 0.3) is 0 Å². The van der Waals surface area contributed by atoms with Gasteiger partial charge in [0.05, 0.1) is 23.0 Å². The average Bonchev–Trinajstić information content (AvgIpc) is 3.06. The fraction of sp³-hybridized carbons (Fsp3) is 0.486. The molecule has 3 rings (SSSR count). The van der Waals surface area contributed by atoms with Crippen molar-refractivity contribution in [2.24, 2.45) is 0 Å². The lowest BCUT2D eigenvalue weighted by atomic mass is 10.2. The van der Waals surface area contributed by atoms with Crippen molar-refractivity contribution < 1.29 is 26.3 Å². The van der Waals surface area contributed by atoms with E-state index in [1.165, 1.54) is 0 Å². The molecule has 3 aromatic carbocycles. The number of nitrogens with zero attached hydrogens (tertiary/aromatic N) is 1. The molecule has 0 saturated carbocycles. The maximum atomic E-state index is 12.9. The first-order valence-electron chi connectivity index (χ1n) is 16.3. The van der Waals surface area contributed by atoms with Crippen LogP contribution in [0.25, 0.3) is 0 Å². The molecule has 0 aromatic heterocycles. The number of ether oxygens (including phenoxy) is 2. The van der Waals surface area contributed by atoms with Gasteiger partial charge in [-0.15, -0.1) is 0 Å². The lowest BCUT2D eigenvalue weighted by Crippen LogP contribution is -2.32. The molecular formula is C35H51N3O6S2. The molecule has 2 N–H and O–H groups in total. The van der Waals surface area contributed by atoms with E-state index in [0.29, 0.717) is 72.0 Å². The molecule has 9 nitrogen and oxygen atoms in total. The van der Waals surface area contributed by atoms with E-state index in [2.05, 4.69) is 40.3 Å². The van der Waals surface area contributed by atoms with Crippen LogP contribution < -0.4 is 9.44 Å². The van der Waals surface area contributed by atoms with Gasteiger partial charge in [0, 0.05) is 32.8 Å². The van der Waals surface area contributed by atoms with Gasteiger partial charge in [0.1, 0.15) is 0 Å². The first kappa shape index (κ1) is 37.8. The van der Waals surface area contributed by atoms with Crippen molar-refractivity contribution in [3.8, 4) is 0 Å². The van der Waals surface area contributed by atoms with E-state index in [0.717, 1.165) is 42.4 Å². The molecule has 0 aliphatic rings. The number of nitrogens with one attached hydrogen (secondary N) is 2. The van der Waals surface area contributed by atoms with Crippen LogP contribution in [-0.2, 0) is 49.3 Å². The minimum atomic E-state index is -3.63. The smallest absolute Gasteiger partial charge is 0.240 e. The van der Waals surface area contributed by atoms with Crippen LogP contribution in [0.15, 0.2) is 88.7 Å². The van der Waals surface area contributed by atoms with Crippen LogP contribution in [0.2, 0.25) is 0 Å². The number of hydrogen-bond acceptors (Lipinski definition) is 7. The summed E-state index contributed by atoms with van der Waals surface area (Å²) in [5, 5.41) is 0. The molecule has 0 aliphatic carbocycles. The molecule has 0 atom stereocenters. The SMILES string of the molecule is CCCCOCc1ccc(S(=O)(=O)NCCCN(CCCNS(=O)(=O)c2ccc(COCCCC)cc2)Cc2ccccc2)cc1. The lowest BCUT2D eigenvalue weighted by Gasteiger charge is -2.22. The number of sulfonamides is 2. The van der Waals surface area contributed by atoms with Gasteiger partial charge in [0.15, 0.2) is 0 Å². The van der Waals surface area contributed by atoms with Crippen LogP contribution in [0.1, 0.15) is 69.1 Å². The molecule has 3 aromatic rings. The van der Waals surface area contributed by atoms with Gasteiger partial charge in [-0.2, -0.15) is 0 Å². The third kappa shape index (κ3) is 14.0. The molecule has 0 heterocycles. The summed E-state index contributed by atoms with van der Waals surface area (Å²) in [6, 6.07) is 23.6. The van der Waals surface area contributed by atoms with Crippen molar-refractivity contribution in [2.75, 3.05) is 39.4 Å². The van der Waals surface area contributed by atoms with Crippen molar-refractivity contribution in [1.29, 1.82) is 0 Å². The van der Waals surface area contributed by atoms with Crippen molar-refractivity contribution in [3.05, 3.63) is 95.6 Å². The summed E-state index contributed by atoms with van der Waals surface area (Å²) in [5.41, 5.74) is 3.02. The second kappa shape index (κ2) is 20.6. The summed E-state index contributed by atoms with van der Waals surface area (Å²) in [4.78, 5) is 2.68. The number of rotatable bonds is 24. The Balaban J connectivity index is 1.46. The van der Waals surface area contributed by atoms with E-state index >= 15 is 0 Å². The molecule has 0 amide bonds. The van der Waals surface area contributed by atoms with Gasteiger partial charge < -0.3 is 9.47 Å². The molecule has 0 radical (unpaired) electrons. The first-order chi connectivity index (χ1) is 22.2. The molecule has 46 heavy (non-hydrogen) atoms. The standard InChI is InChI=1S/C35H51N3O6S2/c1-3-5-26-43-29-32-14-18-34(19-15-32)45(39,40)36-22-10-24-38(28-31-12-8-7-9-13-31)25-11-23-37-46(41,42)35-20-16-33(17-21-35)30-44-27-6-4-2/h7-9,12-21,36-37H,3-6,10-11,22-30H2,1-2H3. The van der Waals surface area contributed by atoms with Crippen molar-refractivity contribution >= 4 is 20.0 Å². The van der Waals surface area contributed by atoms with Crippen LogP contribution in [0.5, 0.6) is 0 Å². The Morgan fingerprint density at radius 3 is 1.41 bits per heavy atom. The second-order valence-electron chi connectivity index (χ2n) is 11.4. The molecule has 0 saturated heterocycles. The van der Waals surface area contributed by atoms with Gasteiger partial charge in [-0.3, -0.25) is 4.90 Å². The largest absolute Gasteiger partial charge is 0.377 e. The van der Waals surface area contributed by atoms with E-state index in [-0.39, 0.29) is 9.79 Å². The van der Waals surface area contributed by atoms with Gasteiger partial charge in [-0.05, 0) is 79.7 Å². The maximum absolute atomic E-state index is 12.9. The molecule has 0 unspecified atom stereocenters. The van der Waals surface area contributed by atoms with E-state index in [1.807, 2.05) is 18.2 Å². The highest BCUT2D eigenvalue weighted by Crippen LogP contribution is 2.14. The molecular weight excluding hydrogens is 623 g/mol. The highest BCUT2D eigenvalue weighted by Gasteiger charge is 2.16. The first-order valence-corrected chi connectivity index (χ1v) is 19.3.